The van der Waals surface area contributed by atoms with Crippen molar-refractivity contribution >= 4 is 40.1 Å². The summed E-state index contributed by atoms with van der Waals surface area (Å²) in [6, 6.07) is 13.2. The third-order valence-electron chi connectivity index (χ3n) is 4.76. The average Bonchev–Trinajstić information content (AvgIpc) is 3.08. The topological polar surface area (TPSA) is 49.0 Å². The van der Waals surface area contributed by atoms with Crippen molar-refractivity contribution in [1.82, 2.24) is 14.9 Å². The lowest BCUT2D eigenvalue weighted by Crippen LogP contribution is -2.38. The molecule has 4 nitrogen and oxygen atoms in total. The summed E-state index contributed by atoms with van der Waals surface area (Å²) in [6.07, 6.45) is 1.76. The van der Waals surface area contributed by atoms with Crippen molar-refractivity contribution in [3.8, 4) is 0 Å². The van der Waals surface area contributed by atoms with Gasteiger partial charge in [-0.2, -0.15) is 0 Å². The van der Waals surface area contributed by atoms with Gasteiger partial charge in [-0.15, -0.1) is 0 Å². The number of nitrogens with zero attached hydrogens (tertiary/aromatic N) is 2. The molecule has 0 radical (unpaired) electrons. The highest BCUT2D eigenvalue weighted by Gasteiger charge is 2.27. The molecule has 1 aromatic heterocycles. The third-order valence-corrected chi connectivity index (χ3v) is 5.58. The number of carbonyl (C=O) groups excluding carboxylic acids is 1. The number of imidazole rings is 1. The smallest absolute Gasteiger partial charge is 0.255 e. The number of H-pyrrole nitrogens is 1. The Hall–Kier alpha value is -2.04. The van der Waals surface area contributed by atoms with E-state index in [0.29, 0.717) is 34.6 Å². The number of hydrogen-bond donors (Lipinski definition) is 1. The minimum Gasteiger partial charge on any atom is -0.342 e. The number of carbonyl (C=O) groups is 1. The molecule has 2 heterocycles. The second kappa shape index (κ2) is 6.70. The van der Waals surface area contributed by atoms with Gasteiger partial charge >= 0.3 is 0 Å². The van der Waals surface area contributed by atoms with Crippen molar-refractivity contribution in [3.63, 3.8) is 0 Å². The Labute approximate surface area is 155 Å². The van der Waals surface area contributed by atoms with Crippen LogP contribution in [0.2, 0.25) is 10.0 Å². The van der Waals surface area contributed by atoms with Crippen LogP contribution in [-0.4, -0.2) is 33.9 Å². The third kappa shape index (κ3) is 3.12. The number of hydrogen-bond acceptors (Lipinski definition) is 2. The molecule has 1 amide bonds. The molecule has 0 unspecified atom stereocenters. The van der Waals surface area contributed by atoms with Crippen LogP contribution in [0, 0.1) is 0 Å². The van der Waals surface area contributed by atoms with Crippen molar-refractivity contribution in [1.29, 1.82) is 0 Å². The van der Waals surface area contributed by atoms with Crippen LogP contribution in [0.3, 0.4) is 0 Å². The second-order valence-corrected chi connectivity index (χ2v) is 7.09. The highest BCUT2D eigenvalue weighted by Crippen LogP contribution is 2.31. The van der Waals surface area contributed by atoms with Crippen molar-refractivity contribution in [3.05, 3.63) is 63.9 Å². The number of nitrogens with one attached hydrogen (secondary N) is 1. The summed E-state index contributed by atoms with van der Waals surface area (Å²) in [7, 11) is 0. The fourth-order valence-corrected chi connectivity index (χ4v) is 3.74. The van der Waals surface area contributed by atoms with Gasteiger partial charge in [0.25, 0.3) is 5.91 Å². The van der Waals surface area contributed by atoms with E-state index in [1.54, 1.807) is 18.2 Å². The molecule has 0 bridgehead atoms. The van der Waals surface area contributed by atoms with Crippen LogP contribution in [0.15, 0.2) is 42.5 Å². The van der Waals surface area contributed by atoms with Gasteiger partial charge in [-0.25, -0.2) is 4.98 Å². The number of piperidine rings is 1. The minimum absolute atomic E-state index is 0.0597. The largest absolute Gasteiger partial charge is 0.342 e. The molecule has 1 aliphatic heterocycles. The molecule has 1 aliphatic rings. The summed E-state index contributed by atoms with van der Waals surface area (Å²) >= 11 is 12.2. The molecule has 4 rings (SSSR count). The van der Waals surface area contributed by atoms with Gasteiger partial charge in [0, 0.05) is 19.0 Å². The van der Waals surface area contributed by atoms with Gasteiger partial charge in [0.2, 0.25) is 0 Å². The Balaban J connectivity index is 1.47. The maximum Gasteiger partial charge on any atom is 0.255 e. The van der Waals surface area contributed by atoms with E-state index in [1.165, 1.54) is 0 Å². The minimum atomic E-state index is -0.0597. The number of halogens is 2. The number of likely N-dealkylation sites (tertiary alicyclic amines) is 1. The van der Waals surface area contributed by atoms with Crippen LogP contribution in [0.5, 0.6) is 0 Å². The molecule has 128 valence electrons. The Bertz CT molecular complexity index is 896. The van der Waals surface area contributed by atoms with Gasteiger partial charge in [-0.3, -0.25) is 4.79 Å². The lowest BCUT2D eigenvalue weighted by atomic mass is 9.95. The van der Waals surface area contributed by atoms with Crippen molar-refractivity contribution in [2.24, 2.45) is 0 Å². The van der Waals surface area contributed by atoms with Gasteiger partial charge in [-0.1, -0.05) is 41.4 Å². The lowest BCUT2D eigenvalue weighted by molar-refractivity contribution is 0.0711. The van der Waals surface area contributed by atoms with Crippen LogP contribution in [0.1, 0.15) is 34.9 Å². The first kappa shape index (κ1) is 16.4. The number of amides is 1. The summed E-state index contributed by atoms with van der Waals surface area (Å²) < 4.78 is 0. The highest BCUT2D eigenvalue weighted by molar-refractivity contribution is 6.43. The molecule has 6 heteroatoms. The van der Waals surface area contributed by atoms with E-state index >= 15 is 0 Å². The molecular weight excluding hydrogens is 357 g/mol. The molecule has 1 saturated heterocycles. The van der Waals surface area contributed by atoms with E-state index in [1.807, 2.05) is 29.2 Å². The zero-order chi connectivity index (χ0) is 17.4. The van der Waals surface area contributed by atoms with Crippen molar-refractivity contribution in [2.75, 3.05) is 13.1 Å². The van der Waals surface area contributed by atoms with E-state index in [2.05, 4.69) is 4.98 Å². The van der Waals surface area contributed by atoms with Crippen LogP contribution in [-0.2, 0) is 0 Å². The molecule has 0 saturated carbocycles. The number of fused-ring (bicyclic) bond motifs is 1. The first-order valence-electron chi connectivity index (χ1n) is 8.31. The number of aromatic amines is 1. The molecule has 25 heavy (non-hydrogen) atoms. The van der Waals surface area contributed by atoms with Crippen LogP contribution in [0.25, 0.3) is 11.0 Å². The predicted octanol–water partition coefficient (Wildman–Crippen LogP) is 4.89. The van der Waals surface area contributed by atoms with E-state index in [-0.39, 0.29) is 5.91 Å². The molecular formula is C19H17Cl2N3O. The maximum atomic E-state index is 12.7. The number of aromatic nitrogens is 2. The molecule has 1 fully saturated rings. The SMILES string of the molecule is O=C(c1cccc(Cl)c1Cl)N1CCC(c2nc3ccccc3[nH]2)CC1. The Morgan fingerprint density at radius 1 is 1.08 bits per heavy atom. The number of rotatable bonds is 2. The fraction of sp³-hybridized carbons (Fsp3) is 0.263. The van der Waals surface area contributed by atoms with E-state index < -0.39 is 0 Å². The Morgan fingerprint density at radius 2 is 1.84 bits per heavy atom. The van der Waals surface area contributed by atoms with E-state index in [9.17, 15) is 4.79 Å². The molecule has 0 atom stereocenters. The Morgan fingerprint density at radius 3 is 2.60 bits per heavy atom. The van der Waals surface area contributed by atoms with Gasteiger partial charge in [0.1, 0.15) is 5.82 Å². The fourth-order valence-electron chi connectivity index (χ4n) is 3.36. The van der Waals surface area contributed by atoms with E-state index in [0.717, 1.165) is 29.7 Å². The highest BCUT2D eigenvalue weighted by atomic mass is 35.5. The van der Waals surface area contributed by atoms with Crippen LogP contribution in [0.4, 0.5) is 0 Å². The molecule has 0 spiro atoms. The average molecular weight is 374 g/mol. The molecule has 0 aliphatic carbocycles. The number of para-hydroxylation sites is 2. The maximum absolute atomic E-state index is 12.7. The summed E-state index contributed by atoms with van der Waals surface area (Å²) in [4.78, 5) is 22.7. The normalized spacial score (nSPS) is 15.7. The first-order chi connectivity index (χ1) is 12.1. The quantitative estimate of drug-likeness (QED) is 0.694. The summed E-state index contributed by atoms with van der Waals surface area (Å²) in [5.41, 5.74) is 2.51. The van der Waals surface area contributed by atoms with Crippen molar-refractivity contribution < 1.29 is 4.79 Å². The lowest BCUT2D eigenvalue weighted by Gasteiger charge is -2.31. The first-order valence-corrected chi connectivity index (χ1v) is 9.07. The van der Waals surface area contributed by atoms with Gasteiger partial charge in [-0.05, 0) is 37.1 Å². The van der Waals surface area contributed by atoms with Gasteiger partial charge in [0.05, 0.1) is 26.6 Å². The van der Waals surface area contributed by atoms with Crippen molar-refractivity contribution in [2.45, 2.75) is 18.8 Å². The van der Waals surface area contributed by atoms with Gasteiger partial charge < -0.3 is 9.88 Å². The van der Waals surface area contributed by atoms with Gasteiger partial charge in [0.15, 0.2) is 0 Å². The van der Waals surface area contributed by atoms with Crippen LogP contribution >= 0.6 is 23.2 Å². The van der Waals surface area contributed by atoms with Crippen LogP contribution < -0.4 is 0 Å². The monoisotopic (exact) mass is 373 g/mol. The Kier molecular flexibility index (Phi) is 4.40. The molecule has 1 N–H and O–H groups in total. The summed E-state index contributed by atoms with van der Waals surface area (Å²) in [5, 5.41) is 0.734. The zero-order valence-electron chi connectivity index (χ0n) is 13.5. The second-order valence-electron chi connectivity index (χ2n) is 6.31. The predicted molar refractivity (Wildman–Crippen MR) is 100 cm³/mol. The summed E-state index contributed by atoms with van der Waals surface area (Å²) in [5.74, 6) is 1.29. The zero-order valence-corrected chi connectivity index (χ0v) is 15.0. The summed E-state index contributed by atoms with van der Waals surface area (Å²) in [6.45, 7) is 1.37. The number of benzene rings is 2. The molecule has 2 aromatic carbocycles. The molecule has 3 aromatic rings. The van der Waals surface area contributed by atoms with E-state index in [4.69, 9.17) is 28.2 Å². The standard InChI is InChI=1S/C19H17Cl2N3O/c20-14-5-3-4-13(17(14)21)19(25)24-10-8-12(9-11-24)18-22-15-6-1-2-7-16(15)23-18/h1-7,12H,8-11H2,(H,22,23).